The summed E-state index contributed by atoms with van der Waals surface area (Å²) in [5.74, 6) is 0.293. The number of benzene rings is 3. The average molecular weight is 643 g/mol. The number of alkyl halides is 1. The predicted octanol–water partition coefficient (Wildman–Crippen LogP) is 8.57. The van der Waals surface area contributed by atoms with Gasteiger partial charge in [-0.05, 0) is 59.1 Å². The fourth-order valence-corrected chi connectivity index (χ4v) is 9.85. The number of halogens is 1. The molecule has 0 radical (unpaired) electrons. The molecule has 1 aliphatic rings. The van der Waals surface area contributed by atoms with E-state index in [2.05, 4.69) is 69.6 Å². The minimum atomic E-state index is -4.03. The van der Waals surface area contributed by atoms with Crippen LogP contribution in [0.3, 0.4) is 0 Å². The molecule has 0 amide bonds. The van der Waals surface area contributed by atoms with Gasteiger partial charge in [0.15, 0.2) is 0 Å². The number of sulfonamides is 1. The quantitative estimate of drug-likeness (QED) is 0.220. The molecule has 0 aliphatic carbocycles. The first kappa shape index (κ1) is 30.9. The highest BCUT2D eigenvalue weighted by atomic mass is 79.9. The van der Waals surface area contributed by atoms with Gasteiger partial charge in [0.05, 0.1) is 27.8 Å². The van der Waals surface area contributed by atoms with Gasteiger partial charge in [-0.3, -0.25) is 0 Å². The molecule has 0 saturated carbocycles. The van der Waals surface area contributed by atoms with Crippen molar-refractivity contribution in [3.05, 3.63) is 106 Å². The van der Waals surface area contributed by atoms with E-state index in [0.717, 1.165) is 27.8 Å². The van der Waals surface area contributed by atoms with E-state index in [1.165, 1.54) is 0 Å². The Kier molecular flexibility index (Phi) is 9.60. The van der Waals surface area contributed by atoms with E-state index >= 15 is 8.42 Å². The van der Waals surface area contributed by atoms with Crippen LogP contribution in [0.1, 0.15) is 93.2 Å². The highest BCUT2D eigenvalue weighted by Gasteiger charge is 2.47. The zero-order valence-corrected chi connectivity index (χ0v) is 27.6. The molecule has 0 spiro atoms. The minimum Gasteiger partial charge on any atom is -0.249 e. The van der Waals surface area contributed by atoms with Crippen molar-refractivity contribution in [3.63, 3.8) is 0 Å². The summed E-state index contributed by atoms with van der Waals surface area (Å²) >= 11 is 3.60. The largest absolute Gasteiger partial charge is 0.249 e. The summed E-state index contributed by atoms with van der Waals surface area (Å²) in [6.07, 6.45) is 1.90. The second-order valence-corrected chi connectivity index (χ2v) is 15.4. The fraction of sp³-hybridized carbons (Fsp3) is 0.394. The van der Waals surface area contributed by atoms with Crippen molar-refractivity contribution in [2.45, 2.75) is 88.1 Å². The van der Waals surface area contributed by atoms with Crippen LogP contribution in [0.25, 0.3) is 0 Å². The molecule has 214 valence electrons. The molecule has 0 unspecified atom stereocenters. The second-order valence-electron chi connectivity index (χ2n) is 11.5. The third-order valence-electron chi connectivity index (χ3n) is 7.54. The number of aryl methyl sites for hydroxylation is 1. The molecule has 1 heterocycles. The molecule has 4 rings (SSSR count). The Morgan fingerprint density at radius 3 is 1.88 bits per heavy atom. The third-order valence-corrected chi connectivity index (χ3v) is 11.7. The molecular weight excluding hydrogens is 602 g/mol. The van der Waals surface area contributed by atoms with Crippen LogP contribution in [-0.4, -0.2) is 28.3 Å². The number of nitrogens with zero attached hydrogens (tertiary/aromatic N) is 1. The Hall–Kier alpha value is -2.06. The van der Waals surface area contributed by atoms with Gasteiger partial charge in [0.25, 0.3) is 0 Å². The molecule has 3 aromatic rings. The summed E-state index contributed by atoms with van der Waals surface area (Å²) in [5.41, 5.74) is 4.70. The van der Waals surface area contributed by atoms with E-state index in [4.69, 9.17) is 0 Å². The molecule has 0 bridgehead atoms. The van der Waals surface area contributed by atoms with Crippen LogP contribution in [0.5, 0.6) is 0 Å². The number of hydrogen-bond acceptors (Lipinski definition) is 3. The van der Waals surface area contributed by atoms with Crippen molar-refractivity contribution in [3.8, 4) is 0 Å². The molecule has 7 heteroatoms. The lowest BCUT2D eigenvalue weighted by Gasteiger charge is -2.33. The Morgan fingerprint density at radius 1 is 0.850 bits per heavy atom. The lowest BCUT2D eigenvalue weighted by atomic mass is 9.89. The van der Waals surface area contributed by atoms with Crippen LogP contribution >= 0.6 is 15.9 Å². The average Bonchev–Trinajstić information content (AvgIpc) is 3.33. The SMILES string of the molecule is Cc1ccc([S@](=O)C2=C[C@@H](CBr)N(S(=O)(=O)c3c(C(C)C)cc(C(C)C)cc3C(C)C)[C@H]2c2ccccc2)cc1. The van der Waals surface area contributed by atoms with Gasteiger partial charge in [0, 0.05) is 15.1 Å². The van der Waals surface area contributed by atoms with Crippen LogP contribution in [0.4, 0.5) is 0 Å². The van der Waals surface area contributed by atoms with Crippen molar-refractivity contribution in [1.29, 1.82) is 0 Å². The van der Waals surface area contributed by atoms with Crippen LogP contribution in [0.15, 0.2) is 87.5 Å². The zero-order valence-electron chi connectivity index (χ0n) is 24.4. The van der Waals surface area contributed by atoms with Gasteiger partial charge in [0.2, 0.25) is 10.0 Å². The summed E-state index contributed by atoms with van der Waals surface area (Å²) in [5, 5.41) is 0.391. The summed E-state index contributed by atoms with van der Waals surface area (Å²) in [6.45, 7) is 14.5. The van der Waals surface area contributed by atoms with Gasteiger partial charge in [-0.25, -0.2) is 12.6 Å². The number of rotatable bonds is 9. The first-order chi connectivity index (χ1) is 18.9. The summed E-state index contributed by atoms with van der Waals surface area (Å²) in [6, 6.07) is 20.2. The van der Waals surface area contributed by atoms with Crippen LogP contribution in [-0.2, 0) is 20.8 Å². The van der Waals surface area contributed by atoms with Crippen LogP contribution in [0.2, 0.25) is 0 Å². The molecule has 0 N–H and O–H groups in total. The molecule has 3 aromatic carbocycles. The molecule has 3 atom stereocenters. The standard InChI is InChI=1S/C33H40BrNO3S2/c1-21(2)26-17-29(22(3)4)33(30(18-26)23(5)6)40(37,38)35-27(20-34)19-31(32(35)25-11-9-8-10-12-25)39(36)28-15-13-24(7)14-16-28/h8-19,21-23,27,32H,20H2,1-7H3/t27-,32-,39-/m0/s1. The van der Waals surface area contributed by atoms with Gasteiger partial charge in [-0.1, -0.05) is 124 Å². The lowest BCUT2D eigenvalue weighted by Crippen LogP contribution is -2.40. The molecule has 1 aliphatic heterocycles. The Labute approximate surface area is 251 Å². The normalized spacial score (nSPS) is 19.0. The van der Waals surface area contributed by atoms with E-state index in [-0.39, 0.29) is 17.8 Å². The van der Waals surface area contributed by atoms with E-state index in [9.17, 15) is 4.21 Å². The Bertz CT molecular complexity index is 1480. The summed E-state index contributed by atoms with van der Waals surface area (Å²) in [4.78, 5) is 1.65. The molecule has 40 heavy (non-hydrogen) atoms. The number of hydrogen-bond donors (Lipinski definition) is 0. The van der Waals surface area contributed by atoms with Crippen molar-refractivity contribution >= 4 is 36.8 Å². The summed E-state index contributed by atoms with van der Waals surface area (Å²) < 4.78 is 45.8. The third kappa shape index (κ3) is 5.94. The van der Waals surface area contributed by atoms with Gasteiger partial charge in [-0.15, -0.1) is 0 Å². The smallest absolute Gasteiger partial charge is 0.245 e. The predicted molar refractivity (Wildman–Crippen MR) is 170 cm³/mol. The van der Waals surface area contributed by atoms with Crippen LogP contribution in [0, 0.1) is 6.92 Å². The van der Waals surface area contributed by atoms with Crippen molar-refractivity contribution in [1.82, 2.24) is 4.31 Å². The topological polar surface area (TPSA) is 54.5 Å². The van der Waals surface area contributed by atoms with Crippen molar-refractivity contribution < 1.29 is 12.6 Å². The Balaban J connectivity index is 1.97. The van der Waals surface area contributed by atoms with Gasteiger partial charge in [0.1, 0.15) is 0 Å². The minimum absolute atomic E-state index is 0.00953. The van der Waals surface area contributed by atoms with E-state index in [0.29, 0.717) is 20.0 Å². The van der Waals surface area contributed by atoms with E-state index in [1.807, 2.05) is 67.6 Å². The first-order valence-electron chi connectivity index (χ1n) is 13.9. The van der Waals surface area contributed by atoms with Gasteiger partial charge in [-0.2, -0.15) is 4.31 Å². The van der Waals surface area contributed by atoms with Crippen LogP contribution < -0.4 is 0 Å². The van der Waals surface area contributed by atoms with Gasteiger partial charge < -0.3 is 0 Å². The highest BCUT2D eigenvalue weighted by Crippen LogP contribution is 2.46. The van der Waals surface area contributed by atoms with Crippen molar-refractivity contribution in [2.75, 3.05) is 5.33 Å². The fourth-order valence-electron chi connectivity index (χ4n) is 5.30. The first-order valence-corrected chi connectivity index (χ1v) is 17.6. The van der Waals surface area contributed by atoms with E-state index < -0.39 is 32.9 Å². The maximum absolute atomic E-state index is 15.0. The monoisotopic (exact) mass is 641 g/mol. The second kappa shape index (κ2) is 12.4. The highest BCUT2D eigenvalue weighted by molar-refractivity contribution is 9.09. The van der Waals surface area contributed by atoms with Gasteiger partial charge >= 0.3 is 0 Å². The molecule has 0 fully saturated rings. The zero-order chi connectivity index (χ0) is 29.4. The van der Waals surface area contributed by atoms with E-state index in [1.54, 1.807) is 4.31 Å². The lowest BCUT2D eigenvalue weighted by molar-refractivity contribution is 0.360. The maximum Gasteiger partial charge on any atom is 0.245 e. The van der Waals surface area contributed by atoms with Crippen molar-refractivity contribution in [2.24, 2.45) is 0 Å². The maximum atomic E-state index is 15.0. The molecule has 4 nitrogen and oxygen atoms in total. The molecular formula is C33H40BrNO3S2. The molecule has 0 saturated heterocycles. The summed E-state index contributed by atoms with van der Waals surface area (Å²) in [7, 11) is -5.57. The Morgan fingerprint density at radius 2 is 1.40 bits per heavy atom. The molecule has 0 aromatic heterocycles.